The van der Waals surface area contributed by atoms with Gasteiger partial charge in [-0.15, -0.1) is 11.3 Å². The minimum atomic E-state index is -0.276. The van der Waals surface area contributed by atoms with Crippen molar-refractivity contribution in [1.29, 1.82) is 5.26 Å². The summed E-state index contributed by atoms with van der Waals surface area (Å²) in [6.07, 6.45) is 0. The van der Waals surface area contributed by atoms with E-state index in [0.717, 1.165) is 4.88 Å². The zero-order valence-electron chi connectivity index (χ0n) is 12.6. The number of carbonyl (C=O) groups excluding carboxylic acids is 1. The Morgan fingerprint density at radius 1 is 1.33 bits per heavy atom. The molecule has 0 fully saturated rings. The van der Waals surface area contributed by atoms with Crippen LogP contribution in [0, 0.1) is 11.3 Å². The Morgan fingerprint density at radius 3 is 2.88 bits per heavy atom. The molecule has 120 valence electrons. The standard InChI is InChI=1S/C17H13N3O3S/c18-9-12-3-5-13(6-4-12)19-17(21)11-22-10-14-8-15(23-20-14)16-2-1-7-24-16/h1-8H,10-11H2,(H,19,21). The molecule has 0 saturated heterocycles. The average molecular weight is 339 g/mol. The minimum absolute atomic E-state index is 0.0960. The summed E-state index contributed by atoms with van der Waals surface area (Å²) >= 11 is 1.56. The van der Waals surface area contributed by atoms with E-state index in [9.17, 15) is 4.79 Å². The highest BCUT2D eigenvalue weighted by molar-refractivity contribution is 7.13. The number of hydrogen-bond acceptors (Lipinski definition) is 6. The molecule has 2 heterocycles. The van der Waals surface area contributed by atoms with Gasteiger partial charge in [0.2, 0.25) is 5.91 Å². The quantitative estimate of drug-likeness (QED) is 0.743. The summed E-state index contributed by atoms with van der Waals surface area (Å²) in [5.41, 5.74) is 1.78. The number of nitriles is 1. The maximum absolute atomic E-state index is 11.8. The lowest BCUT2D eigenvalue weighted by Crippen LogP contribution is -2.18. The predicted octanol–water partition coefficient (Wildman–Crippen LogP) is 3.43. The van der Waals surface area contributed by atoms with E-state index in [0.29, 0.717) is 22.7 Å². The second kappa shape index (κ2) is 7.55. The number of anilines is 1. The van der Waals surface area contributed by atoms with Gasteiger partial charge in [0, 0.05) is 11.8 Å². The number of nitrogens with zero attached hydrogens (tertiary/aromatic N) is 2. The molecule has 0 bridgehead atoms. The molecule has 1 aromatic carbocycles. The van der Waals surface area contributed by atoms with Crippen molar-refractivity contribution in [3.8, 4) is 16.7 Å². The summed E-state index contributed by atoms with van der Waals surface area (Å²) in [6, 6.07) is 14.3. The van der Waals surface area contributed by atoms with Gasteiger partial charge in [-0.05, 0) is 35.7 Å². The van der Waals surface area contributed by atoms with Crippen LogP contribution in [0.3, 0.4) is 0 Å². The first kappa shape index (κ1) is 15.9. The lowest BCUT2D eigenvalue weighted by molar-refractivity contribution is -0.121. The molecular formula is C17H13N3O3S. The third kappa shape index (κ3) is 4.07. The Labute approximate surface area is 142 Å². The normalized spacial score (nSPS) is 10.3. The molecule has 3 rings (SSSR count). The second-order valence-electron chi connectivity index (χ2n) is 4.89. The first-order chi connectivity index (χ1) is 11.7. The van der Waals surface area contributed by atoms with Crippen molar-refractivity contribution in [3.63, 3.8) is 0 Å². The molecule has 3 aromatic rings. The van der Waals surface area contributed by atoms with Gasteiger partial charge >= 0.3 is 0 Å². The number of hydrogen-bond donors (Lipinski definition) is 1. The van der Waals surface area contributed by atoms with E-state index in [1.807, 2.05) is 23.6 Å². The highest BCUT2D eigenvalue weighted by Gasteiger charge is 2.09. The van der Waals surface area contributed by atoms with E-state index < -0.39 is 0 Å². The molecule has 0 aliphatic carbocycles. The Balaban J connectivity index is 1.46. The van der Waals surface area contributed by atoms with Crippen molar-refractivity contribution in [3.05, 3.63) is 59.1 Å². The minimum Gasteiger partial charge on any atom is -0.365 e. The molecule has 2 aromatic heterocycles. The first-order valence-corrected chi connectivity index (χ1v) is 8.00. The predicted molar refractivity (Wildman–Crippen MR) is 89.3 cm³/mol. The van der Waals surface area contributed by atoms with Gasteiger partial charge < -0.3 is 14.6 Å². The summed E-state index contributed by atoms with van der Waals surface area (Å²) < 4.78 is 10.6. The second-order valence-corrected chi connectivity index (χ2v) is 5.84. The van der Waals surface area contributed by atoms with Crippen molar-refractivity contribution in [2.24, 2.45) is 0 Å². The SMILES string of the molecule is N#Cc1ccc(NC(=O)COCc2cc(-c3cccs3)on2)cc1. The molecule has 0 atom stereocenters. The lowest BCUT2D eigenvalue weighted by atomic mass is 10.2. The molecule has 7 heteroatoms. The number of aromatic nitrogens is 1. The molecule has 1 amide bonds. The van der Waals surface area contributed by atoms with Gasteiger partial charge in [0.05, 0.1) is 23.1 Å². The molecular weight excluding hydrogens is 326 g/mol. The zero-order chi connectivity index (χ0) is 16.8. The third-order valence-electron chi connectivity index (χ3n) is 3.10. The molecule has 24 heavy (non-hydrogen) atoms. The summed E-state index contributed by atoms with van der Waals surface area (Å²) in [6.45, 7) is 0.0941. The fraction of sp³-hybridized carbons (Fsp3) is 0.118. The van der Waals surface area contributed by atoms with Crippen molar-refractivity contribution in [2.75, 3.05) is 11.9 Å². The van der Waals surface area contributed by atoms with Crippen LogP contribution in [0.1, 0.15) is 11.3 Å². The first-order valence-electron chi connectivity index (χ1n) is 7.12. The molecule has 1 N–H and O–H groups in total. The van der Waals surface area contributed by atoms with Gasteiger partial charge in [-0.3, -0.25) is 4.79 Å². The smallest absolute Gasteiger partial charge is 0.250 e. The van der Waals surface area contributed by atoms with Crippen LogP contribution in [0.25, 0.3) is 10.6 Å². The van der Waals surface area contributed by atoms with Gasteiger partial charge in [0.1, 0.15) is 12.3 Å². The molecule has 0 spiro atoms. The number of benzene rings is 1. The van der Waals surface area contributed by atoms with Crippen LogP contribution in [0.5, 0.6) is 0 Å². The zero-order valence-corrected chi connectivity index (χ0v) is 13.4. The molecule has 0 radical (unpaired) electrons. The van der Waals surface area contributed by atoms with Gasteiger partial charge in [0.15, 0.2) is 5.76 Å². The molecule has 0 aliphatic heterocycles. The topological polar surface area (TPSA) is 88.2 Å². The summed E-state index contributed by atoms with van der Waals surface area (Å²) in [4.78, 5) is 12.8. The average Bonchev–Trinajstić information content (AvgIpc) is 3.27. The number of rotatable bonds is 6. The van der Waals surface area contributed by atoms with Crippen LogP contribution in [0.2, 0.25) is 0 Å². The Morgan fingerprint density at radius 2 is 2.17 bits per heavy atom. The van der Waals surface area contributed by atoms with E-state index in [1.165, 1.54) is 0 Å². The summed E-state index contributed by atoms with van der Waals surface area (Å²) in [5.74, 6) is 0.410. The Bertz CT molecular complexity index is 848. The Hall–Kier alpha value is -2.95. The lowest BCUT2D eigenvalue weighted by Gasteiger charge is -2.05. The molecule has 0 saturated carbocycles. The number of amides is 1. The molecule has 0 aliphatic rings. The van der Waals surface area contributed by atoms with Crippen LogP contribution >= 0.6 is 11.3 Å². The van der Waals surface area contributed by atoms with E-state index in [-0.39, 0.29) is 19.1 Å². The number of thiophene rings is 1. The highest BCUT2D eigenvalue weighted by Crippen LogP contribution is 2.25. The third-order valence-corrected chi connectivity index (χ3v) is 3.99. The van der Waals surface area contributed by atoms with E-state index in [4.69, 9.17) is 14.5 Å². The highest BCUT2D eigenvalue weighted by atomic mass is 32.1. The number of nitrogens with one attached hydrogen (secondary N) is 1. The van der Waals surface area contributed by atoms with Gasteiger partial charge in [-0.25, -0.2) is 0 Å². The monoisotopic (exact) mass is 339 g/mol. The van der Waals surface area contributed by atoms with Crippen LogP contribution in [-0.4, -0.2) is 17.7 Å². The van der Waals surface area contributed by atoms with Crippen molar-refractivity contribution in [1.82, 2.24) is 5.16 Å². The summed E-state index contributed by atoms with van der Waals surface area (Å²) in [7, 11) is 0. The fourth-order valence-corrected chi connectivity index (χ4v) is 2.66. The maximum atomic E-state index is 11.8. The molecule has 0 unspecified atom stereocenters. The number of ether oxygens (including phenoxy) is 1. The van der Waals surface area contributed by atoms with Gasteiger partial charge in [-0.2, -0.15) is 5.26 Å². The fourth-order valence-electron chi connectivity index (χ4n) is 1.99. The van der Waals surface area contributed by atoms with Crippen molar-refractivity contribution >= 4 is 22.9 Å². The van der Waals surface area contributed by atoms with Crippen LogP contribution in [0.4, 0.5) is 5.69 Å². The van der Waals surface area contributed by atoms with Gasteiger partial charge in [-0.1, -0.05) is 11.2 Å². The van der Waals surface area contributed by atoms with Gasteiger partial charge in [0.25, 0.3) is 0 Å². The van der Waals surface area contributed by atoms with Crippen LogP contribution in [-0.2, 0) is 16.1 Å². The van der Waals surface area contributed by atoms with Crippen LogP contribution < -0.4 is 5.32 Å². The van der Waals surface area contributed by atoms with E-state index in [2.05, 4.69) is 10.5 Å². The molecule has 6 nitrogen and oxygen atoms in total. The summed E-state index contributed by atoms with van der Waals surface area (Å²) in [5, 5.41) is 17.3. The number of carbonyl (C=O) groups is 1. The Kier molecular flexibility index (Phi) is 5.01. The van der Waals surface area contributed by atoms with Crippen LogP contribution in [0.15, 0.2) is 52.4 Å². The van der Waals surface area contributed by atoms with E-state index >= 15 is 0 Å². The van der Waals surface area contributed by atoms with E-state index in [1.54, 1.807) is 41.7 Å². The largest absolute Gasteiger partial charge is 0.365 e. The van der Waals surface area contributed by atoms with Crippen molar-refractivity contribution < 1.29 is 14.1 Å². The van der Waals surface area contributed by atoms with Crippen molar-refractivity contribution in [2.45, 2.75) is 6.61 Å². The maximum Gasteiger partial charge on any atom is 0.250 e.